The summed E-state index contributed by atoms with van der Waals surface area (Å²) in [6.07, 6.45) is 2.76. The molecule has 0 fully saturated rings. The van der Waals surface area contributed by atoms with Crippen molar-refractivity contribution in [3.63, 3.8) is 0 Å². The van der Waals surface area contributed by atoms with Gasteiger partial charge in [0.1, 0.15) is 23.1 Å². The minimum Gasteiger partial charge on any atom is -0.496 e. The van der Waals surface area contributed by atoms with Crippen LogP contribution >= 0.6 is 0 Å². The first kappa shape index (κ1) is 18.1. The lowest BCUT2D eigenvalue weighted by Crippen LogP contribution is -2.17. The number of aromatic nitrogens is 1. The highest BCUT2D eigenvalue weighted by Crippen LogP contribution is 2.33. The summed E-state index contributed by atoms with van der Waals surface area (Å²) in [5, 5.41) is 4.46. The molecule has 2 aromatic carbocycles. The predicted molar refractivity (Wildman–Crippen MR) is 99.8 cm³/mol. The molecule has 3 aromatic rings. The Balaban J connectivity index is 1.66. The molecule has 0 bridgehead atoms. The molecule has 0 saturated heterocycles. The molecule has 0 aliphatic carbocycles. The van der Waals surface area contributed by atoms with Crippen LogP contribution in [-0.2, 0) is 13.0 Å². The Morgan fingerprint density at radius 3 is 2.38 bits per heavy atom. The molecule has 2 N–H and O–H groups in total. The largest absolute Gasteiger partial charge is 0.496 e. The van der Waals surface area contributed by atoms with Crippen LogP contribution in [0.1, 0.15) is 11.1 Å². The topological polar surface area (TPSA) is 55.5 Å². The number of nitrogens with one attached hydrogen (secondary N) is 2. The van der Waals surface area contributed by atoms with E-state index in [2.05, 4.69) is 10.3 Å². The summed E-state index contributed by atoms with van der Waals surface area (Å²) in [6, 6.07) is 8.49. The van der Waals surface area contributed by atoms with Gasteiger partial charge in [-0.15, -0.1) is 0 Å². The van der Waals surface area contributed by atoms with Gasteiger partial charge in [0.25, 0.3) is 0 Å². The Morgan fingerprint density at radius 1 is 1.00 bits per heavy atom. The first-order chi connectivity index (χ1) is 12.7. The third-order valence-corrected chi connectivity index (χ3v) is 4.42. The van der Waals surface area contributed by atoms with Crippen molar-refractivity contribution in [1.29, 1.82) is 0 Å². The van der Waals surface area contributed by atoms with Crippen molar-refractivity contribution in [2.24, 2.45) is 0 Å². The van der Waals surface area contributed by atoms with Gasteiger partial charge in [-0.05, 0) is 36.7 Å². The van der Waals surface area contributed by atoms with Crippen LogP contribution in [0.2, 0.25) is 0 Å². The fourth-order valence-electron chi connectivity index (χ4n) is 3.05. The second-order valence-corrected chi connectivity index (χ2v) is 5.94. The maximum atomic E-state index is 13.3. The zero-order valence-corrected chi connectivity index (χ0v) is 15.2. The summed E-state index contributed by atoms with van der Waals surface area (Å²) >= 11 is 0. The van der Waals surface area contributed by atoms with Gasteiger partial charge in [0.05, 0.1) is 26.9 Å². The molecule has 0 amide bonds. The Labute approximate surface area is 152 Å². The molecule has 0 spiro atoms. The van der Waals surface area contributed by atoms with E-state index in [9.17, 15) is 4.39 Å². The molecular formula is C20H23FN2O3. The number of rotatable bonds is 8. The minimum absolute atomic E-state index is 0.234. The molecule has 6 heteroatoms. The van der Waals surface area contributed by atoms with E-state index in [0.717, 1.165) is 46.5 Å². The number of methoxy groups -OCH3 is 3. The van der Waals surface area contributed by atoms with Gasteiger partial charge < -0.3 is 24.5 Å². The first-order valence-electron chi connectivity index (χ1n) is 8.41. The van der Waals surface area contributed by atoms with E-state index in [1.54, 1.807) is 21.3 Å². The number of aromatic amines is 1. The van der Waals surface area contributed by atoms with Crippen molar-refractivity contribution in [2.75, 3.05) is 27.9 Å². The molecule has 5 nitrogen and oxygen atoms in total. The molecule has 0 unspecified atom stereocenters. The van der Waals surface area contributed by atoms with Gasteiger partial charge in [-0.25, -0.2) is 4.39 Å². The van der Waals surface area contributed by atoms with Crippen LogP contribution < -0.4 is 19.5 Å². The molecule has 0 aliphatic rings. The lowest BCUT2D eigenvalue weighted by Gasteiger charge is -2.15. The number of hydrogen-bond acceptors (Lipinski definition) is 4. The van der Waals surface area contributed by atoms with Gasteiger partial charge in [-0.1, -0.05) is 0 Å². The van der Waals surface area contributed by atoms with Gasteiger partial charge in [0.15, 0.2) is 0 Å². The first-order valence-corrected chi connectivity index (χ1v) is 8.41. The quantitative estimate of drug-likeness (QED) is 0.604. The van der Waals surface area contributed by atoms with Crippen molar-refractivity contribution in [1.82, 2.24) is 10.3 Å². The van der Waals surface area contributed by atoms with Gasteiger partial charge >= 0.3 is 0 Å². The molecule has 0 aliphatic heterocycles. The number of H-pyrrole nitrogens is 1. The van der Waals surface area contributed by atoms with Crippen molar-refractivity contribution in [3.05, 3.63) is 53.5 Å². The monoisotopic (exact) mass is 358 g/mol. The Morgan fingerprint density at radius 2 is 1.73 bits per heavy atom. The van der Waals surface area contributed by atoms with Gasteiger partial charge in [0, 0.05) is 35.8 Å². The van der Waals surface area contributed by atoms with Crippen molar-refractivity contribution in [2.45, 2.75) is 13.0 Å². The summed E-state index contributed by atoms with van der Waals surface area (Å²) in [5.41, 5.74) is 2.91. The SMILES string of the molecule is COc1cc(OC)c(CNCCc2c[nH]c3cc(F)ccc23)c(OC)c1. The molecule has 0 atom stereocenters. The molecule has 0 radical (unpaired) electrons. The molecule has 138 valence electrons. The average Bonchev–Trinajstić information content (AvgIpc) is 3.06. The van der Waals surface area contributed by atoms with Crippen LogP contribution in [0.5, 0.6) is 17.2 Å². The summed E-state index contributed by atoms with van der Waals surface area (Å²) < 4.78 is 29.5. The summed E-state index contributed by atoms with van der Waals surface area (Å²) in [6.45, 7) is 1.37. The second-order valence-electron chi connectivity index (χ2n) is 5.94. The highest BCUT2D eigenvalue weighted by atomic mass is 19.1. The number of hydrogen-bond donors (Lipinski definition) is 2. The van der Waals surface area contributed by atoms with E-state index in [4.69, 9.17) is 14.2 Å². The lowest BCUT2D eigenvalue weighted by molar-refractivity contribution is 0.366. The molecule has 1 heterocycles. The smallest absolute Gasteiger partial charge is 0.130 e. The van der Waals surface area contributed by atoms with Crippen LogP contribution in [0.25, 0.3) is 10.9 Å². The minimum atomic E-state index is -0.234. The fourth-order valence-corrected chi connectivity index (χ4v) is 3.05. The van der Waals surface area contributed by atoms with E-state index < -0.39 is 0 Å². The predicted octanol–water partition coefficient (Wildman–Crippen LogP) is 3.67. The van der Waals surface area contributed by atoms with Crippen molar-refractivity contribution in [3.8, 4) is 17.2 Å². The molecule has 1 aromatic heterocycles. The Bertz CT molecular complexity index is 867. The summed E-state index contributed by atoms with van der Waals surface area (Å²) in [4.78, 5) is 3.12. The fraction of sp³-hybridized carbons (Fsp3) is 0.300. The van der Waals surface area contributed by atoms with Crippen LogP contribution in [0.15, 0.2) is 36.5 Å². The number of fused-ring (bicyclic) bond motifs is 1. The zero-order valence-electron chi connectivity index (χ0n) is 15.2. The molecular weight excluding hydrogens is 335 g/mol. The summed E-state index contributed by atoms with van der Waals surface area (Å²) in [7, 11) is 4.87. The van der Waals surface area contributed by atoms with E-state index in [1.165, 1.54) is 12.1 Å². The van der Waals surface area contributed by atoms with Crippen LogP contribution in [0.4, 0.5) is 4.39 Å². The van der Waals surface area contributed by atoms with Gasteiger partial charge in [-0.2, -0.15) is 0 Å². The van der Waals surface area contributed by atoms with E-state index in [1.807, 2.05) is 24.4 Å². The Hall–Kier alpha value is -2.73. The van der Waals surface area contributed by atoms with Crippen LogP contribution in [0, 0.1) is 5.82 Å². The number of halogens is 1. The lowest BCUT2D eigenvalue weighted by atomic mass is 10.1. The maximum Gasteiger partial charge on any atom is 0.130 e. The molecule has 3 rings (SSSR count). The van der Waals surface area contributed by atoms with Crippen LogP contribution in [-0.4, -0.2) is 32.9 Å². The number of benzene rings is 2. The normalized spacial score (nSPS) is 10.9. The average molecular weight is 358 g/mol. The van der Waals surface area contributed by atoms with Crippen molar-refractivity contribution >= 4 is 10.9 Å². The van der Waals surface area contributed by atoms with Crippen LogP contribution in [0.3, 0.4) is 0 Å². The number of ether oxygens (including phenoxy) is 3. The van der Waals surface area contributed by atoms with E-state index in [0.29, 0.717) is 12.3 Å². The molecule has 26 heavy (non-hydrogen) atoms. The maximum absolute atomic E-state index is 13.3. The third kappa shape index (κ3) is 3.75. The highest BCUT2D eigenvalue weighted by Gasteiger charge is 2.13. The standard InChI is InChI=1S/C20H23FN2O3/c1-24-15-9-19(25-2)17(20(10-15)26-3)12-22-7-6-13-11-23-18-8-14(21)4-5-16(13)18/h4-5,8-11,22-23H,6-7,12H2,1-3H3. The van der Waals surface area contributed by atoms with E-state index in [-0.39, 0.29) is 5.82 Å². The second kappa shape index (κ2) is 8.10. The van der Waals surface area contributed by atoms with Crippen molar-refractivity contribution < 1.29 is 18.6 Å². The summed E-state index contributed by atoms with van der Waals surface area (Å²) in [5.74, 6) is 1.89. The highest BCUT2D eigenvalue weighted by molar-refractivity contribution is 5.83. The van der Waals surface area contributed by atoms with E-state index >= 15 is 0 Å². The third-order valence-electron chi connectivity index (χ3n) is 4.42. The van der Waals surface area contributed by atoms with Gasteiger partial charge in [-0.3, -0.25) is 0 Å². The molecule has 0 saturated carbocycles. The Kier molecular flexibility index (Phi) is 5.63. The van der Waals surface area contributed by atoms with Gasteiger partial charge in [0.2, 0.25) is 0 Å². The zero-order chi connectivity index (χ0) is 18.5.